The Kier molecular flexibility index (Phi) is 4.37. The van der Waals surface area contributed by atoms with Crippen LogP contribution in [-0.4, -0.2) is 36.6 Å². The lowest BCUT2D eigenvalue weighted by Crippen LogP contribution is -2.44. The van der Waals surface area contributed by atoms with Gasteiger partial charge >= 0.3 is 6.18 Å². The van der Waals surface area contributed by atoms with Crippen molar-refractivity contribution in [3.05, 3.63) is 50.8 Å². The van der Waals surface area contributed by atoms with Gasteiger partial charge in [-0.1, -0.05) is 11.6 Å². The second kappa shape index (κ2) is 6.74. The van der Waals surface area contributed by atoms with E-state index in [9.17, 15) is 22.4 Å². The molecule has 0 saturated carbocycles. The molecule has 1 fully saturated rings. The van der Waals surface area contributed by atoms with E-state index in [2.05, 4.69) is 15.2 Å². The van der Waals surface area contributed by atoms with E-state index < -0.39 is 34.5 Å². The number of fused-ring (bicyclic) bond motifs is 4. The van der Waals surface area contributed by atoms with Gasteiger partial charge in [-0.15, -0.1) is 21.5 Å². The third kappa shape index (κ3) is 2.83. The summed E-state index contributed by atoms with van der Waals surface area (Å²) < 4.78 is 55.3. The van der Waals surface area contributed by atoms with Crippen LogP contribution < -0.4 is 0 Å². The number of amides is 1. The number of carbonyl (C=O) groups excluding carboxylic acids is 1. The number of halogens is 5. The maximum absolute atomic E-state index is 13.8. The summed E-state index contributed by atoms with van der Waals surface area (Å²) in [6.45, 7) is 0.391. The van der Waals surface area contributed by atoms with Crippen molar-refractivity contribution in [3.63, 3.8) is 0 Å². The molecule has 1 saturated heterocycles. The van der Waals surface area contributed by atoms with Gasteiger partial charge in [0.25, 0.3) is 5.91 Å². The standard InChI is InChI=1S/C18H12ClF4N5OS/c19-14-9(2-3-10(20)13(14)18(21,22)23)17(29)28-8-1-4-12(28)16-26-25-15(27(16)5-8)11-6-30-7-24-11/h2-3,6-8,12H,1,4-5H2/t8-,12-/m1/s1. The van der Waals surface area contributed by atoms with Crippen LogP contribution in [0.25, 0.3) is 11.5 Å². The van der Waals surface area contributed by atoms with E-state index in [0.29, 0.717) is 42.8 Å². The third-order valence-electron chi connectivity index (χ3n) is 5.47. The minimum atomic E-state index is -5.01. The molecule has 0 spiro atoms. The Hall–Kier alpha value is -2.53. The summed E-state index contributed by atoms with van der Waals surface area (Å²) in [5, 5.41) is 9.33. The Bertz CT molecular complexity index is 1150. The quantitative estimate of drug-likeness (QED) is 0.529. The van der Waals surface area contributed by atoms with Gasteiger partial charge in [0.15, 0.2) is 11.6 Å². The fourth-order valence-electron chi connectivity index (χ4n) is 4.20. The van der Waals surface area contributed by atoms with E-state index >= 15 is 0 Å². The number of carbonyl (C=O) groups is 1. The van der Waals surface area contributed by atoms with Crippen LogP contribution in [0.15, 0.2) is 23.0 Å². The van der Waals surface area contributed by atoms with Crippen LogP contribution in [0.4, 0.5) is 17.6 Å². The van der Waals surface area contributed by atoms with Crippen molar-refractivity contribution in [1.82, 2.24) is 24.6 Å². The molecule has 2 aromatic heterocycles. The van der Waals surface area contributed by atoms with Crippen molar-refractivity contribution in [1.29, 1.82) is 0 Å². The molecular weight excluding hydrogens is 446 g/mol. The summed E-state index contributed by atoms with van der Waals surface area (Å²) in [6, 6.07) is 0.899. The molecule has 0 N–H and O–H groups in total. The van der Waals surface area contributed by atoms with E-state index in [4.69, 9.17) is 11.6 Å². The fraction of sp³-hybridized carbons (Fsp3) is 0.333. The topological polar surface area (TPSA) is 63.9 Å². The van der Waals surface area contributed by atoms with Crippen molar-refractivity contribution >= 4 is 28.8 Å². The first kappa shape index (κ1) is 19.4. The number of rotatable bonds is 2. The molecule has 5 rings (SSSR count). The normalized spacial score (nSPS) is 20.5. The van der Waals surface area contributed by atoms with Gasteiger partial charge in [-0.05, 0) is 25.0 Å². The van der Waals surface area contributed by atoms with Crippen LogP contribution >= 0.6 is 22.9 Å². The second-order valence-electron chi connectivity index (χ2n) is 7.11. The summed E-state index contributed by atoms with van der Waals surface area (Å²) in [6.07, 6.45) is -3.77. The maximum Gasteiger partial charge on any atom is 0.420 e. The van der Waals surface area contributed by atoms with Gasteiger partial charge in [0.1, 0.15) is 17.1 Å². The Morgan fingerprint density at radius 3 is 2.73 bits per heavy atom. The Labute approximate surface area is 176 Å². The maximum atomic E-state index is 13.8. The Morgan fingerprint density at radius 1 is 1.23 bits per heavy atom. The van der Waals surface area contributed by atoms with Crippen LogP contribution in [0.2, 0.25) is 5.02 Å². The summed E-state index contributed by atoms with van der Waals surface area (Å²) in [5.74, 6) is -1.05. The molecule has 6 nitrogen and oxygen atoms in total. The molecule has 1 aromatic carbocycles. The van der Waals surface area contributed by atoms with Crippen LogP contribution in [0.1, 0.15) is 40.6 Å². The van der Waals surface area contributed by atoms with E-state index in [1.54, 1.807) is 5.51 Å². The van der Waals surface area contributed by atoms with Crippen LogP contribution in [0, 0.1) is 5.82 Å². The zero-order chi connectivity index (χ0) is 21.2. The molecule has 12 heteroatoms. The van der Waals surface area contributed by atoms with Gasteiger partial charge in [-0.2, -0.15) is 13.2 Å². The lowest BCUT2D eigenvalue weighted by molar-refractivity contribution is -0.139. The number of aromatic nitrogens is 4. The third-order valence-corrected chi connectivity index (χ3v) is 6.45. The lowest BCUT2D eigenvalue weighted by atomic mass is 10.1. The SMILES string of the molecule is O=C(c1ccc(F)c(C(F)(F)F)c1Cl)N1[C@@H]2CC[C@@H]1c1nnc(-c3cscn3)n1C2. The van der Waals surface area contributed by atoms with E-state index in [-0.39, 0.29) is 11.6 Å². The molecule has 3 aromatic rings. The smallest absolute Gasteiger partial charge is 0.324 e. The first-order valence-electron chi connectivity index (χ1n) is 8.97. The second-order valence-corrected chi connectivity index (χ2v) is 8.20. The highest BCUT2D eigenvalue weighted by Gasteiger charge is 2.47. The van der Waals surface area contributed by atoms with Gasteiger partial charge in [0, 0.05) is 11.9 Å². The molecule has 2 aliphatic heterocycles. The number of benzene rings is 1. The van der Waals surface area contributed by atoms with Gasteiger partial charge in [-0.3, -0.25) is 4.79 Å². The molecule has 0 aliphatic carbocycles. The van der Waals surface area contributed by atoms with Gasteiger partial charge in [0.05, 0.1) is 28.2 Å². The number of thiazole rings is 1. The zero-order valence-corrected chi connectivity index (χ0v) is 16.6. The molecule has 156 valence electrons. The Balaban J connectivity index is 1.54. The van der Waals surface area contributed by atoms with Crippen molar-refractivity contribution in [2.24, 2.45) is 0 Å². The van der Waals surface area contributed by atoms with Crippen LogP contribution in [0.3, 0.4) is 0 Å². The average molecular weight is 458 g/mol. The van der Waals surface area contributed by atoms with E-state index in [1.807, 2.05) is 9.95 Å². The average Bonchev–Trinajstić information content (AvgIpc) is 3.39. The first-order chi connectivity index (χ1) is 14.3. The molecule has 4 heterocycles. The molecule has 0 unspecified atom stereocenters. The minimum Gasteiger partial charge on any atom is -0.324 e. The van der Waals surface area contributed by atoms with E-state index in [1.165, 1.54) is 16.2 Å². The summed E-state index contributed by atoms with van der Waals surface area (Å²) in [5.41, 5.74) is 0.344. The summed E-state index contributed by atoms with van der Waals surface area (Å²) in [7, 11) is 0. The number of nitrogens with zero attached hydrogens (tertiary/aromatic N) is 5. The summed E-state index contributed by atoms with van der Waals surface area (Å²) in [4.78, 5) is 18.9. The Morgan fingerprint density at radius 2 is 2.03 bits per heavy atom. The van der Waals surface area contributed by atoms with Crippen molar-refractivity contribution in [2.45, 2.75) is 37.6 Å². The fourth-order valence-corrected chi connectivity index (χ4v) is 5.08. The highest BCUT2D eigenvalue weighted by Crippen LogP contribution is 2.44. The highest BCUT2D eigenvalue weighted by molar-refractivity contribution is 7.07. The summed E-state index contributed by atoms with van der Waals surface area (Å²) >= 11 is 7.27. The minimum absolute atomic E-state index is 0.265. The van der Waals surface area contributed by atoms with Crippen molar-refractivity contribution in [3.8, 4) is 11.5 Å². The van der Waals surface area contributed by atoms with Gasteiger partial charge in [0.2, 0.25) is 0 Å². The van der Waals surface area contributed by atoms with Gasteiger partial charge < -0.3 is 9.47 Å². The molecule has 2 aliphatic rings. The first-order valence-corrected chi connectivity index (χ1v) is 10.3. The van der Waals surface area contributed by atoms with Crippen LogP contribution in [0.5, 0.6) is 0 Å². The molecule has 0 radical (unpaired) electrons. The predicted octanol–water partition coefficient (Wildman–Crippen LogP) is 4.57. The number of hydrogen-bond donors (Lipinski definition) is 0. The number of alkyl halides is 3. The number of hydrogen-bond acceptors (Lipinski definition) is 5. The van der Waals surface area contributed by atoms with Crippen molar-refractivity contribution in [2.75, 3.05) is 0 Å². The predicted molar refractivity (Wildman–Crippen MR) is 99.5 cm³/mol. The highest BCUT2D eigenvalue weighted by atomic mass is 35.5. The van der Waals surface area contributed by atoms with Gasteiger partial charge in [-0.25, -0.2) is 9.37 Å². The lowest BCUT2D eigenvalue weighted by Gasteiger charge is -2.35. The molecule has 1 amide bonds. The van der Waals surface area contributed by atoms with E-state index in [0.717, 1.165) is 6.07 Å². The molecular formula is C18H12ClF4N5OS. The monoisotopic (exact) mass is 457 g/mol. The molecule has 30 heavy (non-hydrogen) atoms. The zero-order valence-electron chi connectivity index (χ0n) is 15.0. The van der Waals surface area contributed by atoms with Crippen molar-refractivity contribution < 1.29 is 22.4 Å². The van der Waals surface area contributed by atoms with Crippen LogP contribution in [-0.2, 0) is 12.7 Å². The molecule has 2 bridgehead atoms. The molecule has 2 atom stereocenters. The largest absolute Gasteiger partial charge is 0.420 e.